The number of halogens is 1. The first-order valence-electron chi connectivity index (χ1n) is 11.1. The smallest absolute Gasteiger partial charge is 0.227 e. The summed E-state index contributed by atoms with van der Waals surface area (Å²) >= 11 is 5.91. The maximum absolute atomic E-state index is 12.4. The molecular weight excluding hydrogens is 440 g/mol. The monoisotopic (exact) mass is 462 g/mol. The second kappa shape index (κ2) is 9.54. The van der Waals surface area contributed by atoms with Crippen LogP contribution in [0.2, 0.25) is 5.02 Å². The number of carbonyl (C=O) groups is 1. The first-order valence-corrected chi connectivity index (χ1v) is 11.4. The van der Waals surface area contributed by atoms with Crippen LogP contribution in [0.5, 0.6) is 0 Å². The molecule has 0 saturated heterocycles. The van der Waals surface area contributed by atoms with Gasteiger partial charge in [-0.3, -0.25) is 4.79 Å². The average molecular weight is 463 g/mol. The molecule has 4 aromatic rings. The number of benzene rings is 2. The molecule has 0 bridgehead atoms. The van der Waals surface area contributed by atoms with Crippen LogP contribution in [0.4, 0.5) is 5.69 Å². The summed E-state index contributed by atoms with van der Waals surface area (Å²) < 4.78 is 7.48. The Kier molecular flexibility index (Phi) is 6.17. The summed E-state index contributed by atoms with van der Waals surface area (Å²) in [4.78, 5) is 16.8. The fourth-order valence-corrected chi connectivity index (χ4v) is 4.04. The Balaban J connectivity index is 1.17. The molecule has 2 aromatic carbocycles. The number of hydrogen-bond donors (Lipinski definition) is 1. The molecule has 1 aliphatic heterocycles. The van der Waals surface area contributed by atoms with Crippen LogP contribution in [0.25, 0.3) is 22.8 Å². The zero-order chi connectivity index (χ0) is 22.6. The molecule has 9 heteroatoms. The van der Waals surface area contributed by atoms with Crippen LogP contribution < -0.4 is 5.32 Å². The van der Waals surface area contributed by atoms with E-state index in [-0.39, 0.29) is 12.3 Å². The minimum absolute atomic E-state index is 0.120. The molecule has 5 rings (SSSR count). The van der Waals surface area contributed by atoms with Crippen molar-refractivity contribution in [2.24, 2.45) is 0 Å². The summed E-state index contributed by atoms with van der Waals surface area (Å²) in [6.45, 7) is 0.950. The lowest BCUT2D eigenvalue weighted by Crippen LogP contribution is -2.12. The Labute approximate surface area is 196 Å². The summed E-state index contributed by atoms with van der Waals surface area (Å²) in [6, 6.07) is 14.9. The second-order valence-corrected chi connectivity index (χ2v) is 8.48. The number of rotatable bonds is 6. The van der Waals surface area contributed by atoms with Gasteiger partial charge in [-0.25, -0.2) is 0 Å². The maximum atomic E-state index is 12.4. The van der Waals surface area contributed by atoms with Gasteiger partial charge in [0.15, 0.2) is 5.82 Å². The third-order valence-electron chi connectivity index (χ3n) is 5.67. The topological polar surface area (TPSA) is 98.7 Å². The third kappa shape index (κ3) is 4.96. The van der Waals surface area contributed by atoms with Crippen molar-refractivity contribution in [3.8, 4) is 22.8 Å². The minimum Gasteiger partial charge on any atom is -0.339 e. The van der Waals surface area contributed by atoms with Crippen molar-refractivity contribution in [2.75, 3.05) is 5.32 Å². The van der Waals surface area contributed by atoms with Crippen molar-refractivity contribution >= 4 is 23.2 Å². The van der Waals surface area contributed by atoms with Gasteiger partial charge in [-0.05, 0) is 61.4 Å². The van der Waals surface area contributed by atoms with Gasteiger partial charge in [0.2, 0.25) is 17.6 Å². The first-order chi connectivity index (χ1) is 16.2. The van der Waals surface area contributed by atoms with Crippen LogP contribution in [0.15, 0.2) is 53.1 Å². The Morgan fingerprint density at radius 3 is 2.61 bits per heavy atom. The summed E-state index contributed by atoms with van der Waals surface area (Å²) in [5.41, 5.74) is 2.53. The summed E-state index contributed by atoms with van der Waals surface area (Å²) in [5, 5.41) is 16.3. The standard InChI is InChI=1S/C24H23ClN6O2/c25-18-9-5-16(6-10-18)23-27-22(33-30-23)14-13-21(32)26-19-11-7-17(8-12-19)24-29-28-20-4-2-1-3-15-31(20)24/h5-12H,1-4,13-15H2,(H,26,32). The summed E-state index contributed by atoms with van der Waals surface area (Å²) in [7, 11) is 0. The number of hydrogen-bond acceptors (Lipinski definition) is 6. The van der Waals surface area contributed by atoms with Crippen molar-refractivity contribution in [3.63, 3.8) is 0 Å². The Morgan fingerprint density at radius 2 is 1.79 bits per heavy atom. The Morgan fingerprint density at radius 1 is 1.00 bits per heavy atom. The highest BCUT2D eigenvalue weighted by Gasteiger charge is 2.16. The van der Waals surface area contributed by atoms with Crippen LogP contribution in [0.1, 0.15) is 37.4 Å². The number of nitrogens with one attached hydrogen (secondary N) is 1. The Hall–Kier alpha value is -3.52. The molecular formula is C24H23ClN6O2. The van der Waals surface area contributed by atoms with Crippen molar-refractivity contribution in [2.45, 2.75) is 45.1 Å². The largest absolute Gasteiger partial charge is 0.339 e. The molecule has 0 radical (unpaired) electrons. The van der Waals surface area contributed by atoms with E-state index in [0.717, 1.165) is 54.3 Å². The van der Waals surface area contributed by atoms with Gasteiger partial charge in [0, 0.05) is 47.6 Å². The molecule has 8 nitrogen and oxygen atoms in total. The predicted molar refractivity (Wildman–Crippen MR) is 125 cm³/mol. The molecule has 0 saturated carbocycles. The van der Waals surface area contributed by atoms with Gasteiger partial charge in [0.1, 0.15) is 5.82 Å². The maximum Gasteiger partial charge on any atom is 0.227 e. The van der Waals surface area contributed by atoms with Crippen LogP contribution in [0, 0.1) is 0 Å². The van der Waals surface area contributed by atoms with E-state index in [2.05, 4.69) is 30.2 Å². The van der Waals surface area contributed by atoms with E-state index >= 15 is 0 Å². The lowest BCUT2D eigenvalue weighted by molar-refractivity contribution is -0.116. The minimum atomic E-state index is -0.120. The normalized spacial score (nSPS) is 13.4. The van der Waals surface area contributed by atoms with E-state index in [0.29, 0.717) is 23.2 Å². The average Bonchev–Trinajstić information content (AvgIpc) is 3.40. The molecule has 1 amide bonds. The molecule has 2 aromatic heterocycles. The van der Waals surface area contributed by atoms with Crippen LogP contribution in [-0.4, -0.2) is 30.8 Å². The zero-order valence-corrected chi connectivity index (χ0v) is 18.8. The molecule has 0 spiro atoms. The van der Waals surface area contributed by atoms with E-state index in [4.69, 9.17) is 16.1 Å². The lowest BCUT2D eigenvalue weighted by Gasteiger charge is -2.08. The SMILES string of the molecule is O=C(CCc1nc(-c2ccc(Cl)cc2)no1)Nc1ccc(-c2nnc3n2CCCCC3)cc1. The fraction of sp³-hybridized carbons (Fsp3) is 0.292. The Bertz CT molecular complexity index is 1250. The molecule has 1 aliphatic rings. The molecule has 0 unspecified atom stereocenters. The van der Waals surface area contributed by atoms with Gasteiger partial charge < -0.3 is 14.4 Å². The number of aromatic nitrogens is 5. The van der Waals surface area contributed by atoms with Crippen LogP contribution >= 0.6 is 11.6 Å². The molecule has 0 fully saturated rings. The van der Waals surface area contributed by atoms with Gasteiger partial charge in [0.25, 0.3) is 0 Å². The molecule has 0 aliphatic carbocycles. The number of nitrogens with zero attached hydrogens (tertiary/aromatic N) is 5. The summed E-state index contributed by atoms with van der Waals surface area (Å²) in [6.07, 6.45) is 5.10. The van der Waals surface area contributed by atoms with Gasteiger partial charge in [-0.1, -0.05) is 23.2 Å². The molecule has 1 N–H and O–H groups in total. The quantitative estimate of drug-likeness (QED) is 0.435. The highest BCUT2D eigenvalue weighted by atomic mass is 35.5. The molecule has 0 atom stereocenters. The van der Waals surface area contributed by atoms with Crippen molar-refractivity contribution in [3.05, 3.63) is 65.3 Å². The van der Waals surface area contributed by atoms with Crippen molar-refractivity contribution < 1.29 is 9.32 Å². The molecule has 168 valence electrons. The number of carbonyl (C=O) groups excluding carboxylic acids is 1. The van der Waals surface area contributed by atoms with E-state index in [1.165, 1.54) is 6.42 Å². The number of amides is 1. The van der Waals surface area contributed by atoms with Crippen molar-refractivity contribution in [1.29, 1.82) is 0 Å². The number of anilines is 1. The van der Waals surface area contributed by atoms with Gasteiger partial charge in [-0.15, -0.1) is 10.2 Å². The van der Waals surface area contributed by atoms with E-state index in [9.17, 15) is 4.79 Å². The van der Waals surface area contributed by atoms with Crippen molar-refractivity contribution in [1.82, 2.24) is 24.9 Å². The van der Waals surface area contributed by atoms with Crippen LogP contribution in [0.3, 0.4) is 0 Å². The molecule has 3 heterocycles. The molecule has 33 heavy (non-hydrogen) atoms. The third-order valence-corrected chi connectivity index (χ3v) is 5.92. The second-order valence-electron chi connectivity index (χ2n) is 8.05. The zero-order valence-electron chi connectivity index (χ0n) is 18.0. The highest BCUT2D eigenvalue weighted by Crippen LogP contribution is 2.24. The number of fused-ring (bicyclic) bond motifs is 1. The van der Waals surface area contributed by atoms with Gasteiger partial charge >= 0.3 is 0 Å². The van der Waals surface area contributed by atoms with E-state index in [1.54, 1.807) is 12.1 Å². The van der Waals surface area contributed by atoms with Crippen LogP contribution in [-0.2, 0) is 24.2 Å². The first kappa shape index (κ1) is 21.3. The summed E-state index contributed by atoms with van der Waals surface area (Å²) in [5.74, 6) is 2.71. The fourth-order valence-electron chi connectivity index (χ4n) is 3.92. The van der Waals surface area contributed by atoms with Gasteiger partial charge in [-0.2, -0.15) is 4.98 Å². The lowest BCUT2D eigenvalue weighted by atomic mass is 10.2. The predicted octanol–water partition coefficient (Wildman–Crippen LogP) is 4.95. The number of aryl methyl sites for hydroxylation is 2. The van der Waals surface area contributed by atoms with E-state index < -0.39 is 0 Å². The van der Waals surface area contributed by atoms with E-state index in [1.807, 2.05) is 36.4 Å². The highest BCUT2D eigenvalue weighted by molar-refractivity contribution is 6.30. The van der Waals surface area contributed by atoms with Gasteiger partial charge in [0.05, 0.1) is 0 Å².